The van der Waals surface area contributed by atoms with Crippen molar-refractivity contribution in [3.8, 4) is 0 Å². The van der Waals surface area contributed by atoms with Crippen molar-refractivity contribution in [1.82, 2.24) is 20.9 Å². The van der Waals surface area contributed by atoms with Gasteiger partial charge in [-0.05, 0) is 12.2 Å². The van der Waals surface area contributed by atoms with E-state index in [1.807, 2.05) is 0 Å². The summed E-state index contributed by atoms with van der Waals surface area (Å²) >= 11 is 11.4. The maximum atomic E-state index is 11.5. The average molecular weight is 237 g/mol. The molecule has 1 rings (SSSR count). The highest BCUT2D eigenvalue weighted by Crippen LogP contribution is 2.15. The quantitative estimate of drug-likeness (QED) is 0.531. The molecule has 2 N–H and O–H groups in total. The minimum Gasteiger partial charge on any atom is -0.278 e. The molecule has 0 aromatic carbocycles. The second-order valence-corrected chi connectivity index (χ2v) is 3.56. The SMILES string of the molecule is CN(C)NC(=O)N1NC(Cl)=CC=C1Cl. The molecule has 0 bridgehead atoms. The summed E-state index contributed by atoms with van der Waals surface area (Å²) in [6, 6.07) is -0.414. The van der Waals surface area contributed by atoms with Gasteiger partial charge in [0, 0.05) is 14.1 Å². The number of nitrogens with zero attached hydrogens (tertiary/aromatic N) is 2. The molecule has 0 aromatic rings. The van der Waals surface area contributed by atoms with E-state index in [-0.39, 0.29) is 5.16 Å². The lowest BCUT2D eigenvalue weighted by molar-refractivity contribution is 0.174. The van der Waals surface area contributed by atoms with Crippen LogP contribution in [0.25, 0.3) is 0 Å². The molecule has 2 amide bonds. The molecule has 0 spiro atoms. The highest BCUT2D eigenvalue weighted by molar-refractivity contribution is 6.32. The Morgan fingerprint density at radius 3 is 2.71 bits per heavy atom. The molecule has 0 aromatic heterocycles. The van der Waals surface area contributed by atoms with E-state index in [1.165, 1.54) is 11.1 Å². The van der Waals surface area contributed by atoms with Gasteiger partial charge in [0.05, 0.1) is 0 Å². The third kappa shape index (κ3) is 2.80. The Labute approximate surface area is 91.9 Å². The van der Waals surface area contributed by atoms with E-state index in [9.17, 15) is 4.79 Å². The first-order valence-electron chi connectivity index (χ1n) is 3.78. The minimum atomic E-state index is -0.414. The molecule has 78 valence electrons. The highest BCUT2D eigenvalue weighted by atomic mass is 35.5. The number of hydrazine groups is 2. The number of carbonyl (C=O) groups excluding carboxylic acids is 1. The van der Waals surface area contributed by atoms with Gasteiger partial charge in [-0.25, -0.2) is 9.80 Å². The van der Waals surface area contributed by atoms with Crippen molar-refractivity contribution >= 4 is 29.2 Å². The number of urea groups is 1. The summed E-state index contributed by atoms with van der Waals surface area (Å²) in [6.07, 6.45) is 3.08. The Bertz CT molecular complexity index is 300. The van der Waals surface area contributed by atoms with Crippen molar-refractivity contribution in [1.29, 1.82) is 0 Å². The molecule has 5 nitrogen and oxygen atoms in total. The summed E-state index contributed by atoms with van der Waals surface area (Å²) in [6.45, 7) is 0. The van der Waals surface area contributed by atoms with Gasteiger partial charge in [0.1, 0.15) is 10.3 Å². The number of rotatable bonds is 1. The molecule has 0 fully saturated rings. The van der Waals surface area contributed by atoms with Gasteiger partial charge in [-0.1, -0.05) is 23.2 Å². The van der Waals surface area contributed by atoms with E-state index < -0.39 is 6.03 Å². The molecular weight excluding hydrogens is 227 g/mol. The number of nitrogens with one attached hydrogen (secondary N) is 2. The smallest absolute Gasteiger partial charge is 0.278 e. The van der Waals surface area contributed by atoms with Crippen molar-refractivity contribution in [2.45, 2.75) is 0 Å². The topological polar surface area (TPSA) is 47.6 Å². The summed E-state index contributed by atoms with van der Waals surface area (Å²) in [4.78, 5) is 11.5. The van der Waals surface area contributed by atoms with Crippen LogP contribution in [0.15, 0.2) is 22.5 Å². The largest absolute Gasteiger partial charge is 0.356 e. The van der Waals surface area contributed by atoms with E-state index in [4.69, 9.17) is 23.2 Å². The van der Waals surface area contributed by atoms with E-state index >= 15 is 0 Å². The lowest BCUT2D eigenvalue weighted by Crippen LogP contribution is -2.50. The Balaban J connectivity index is 2.66. The van der Waals surface area contributed by atoms with Gasteiger partial charge >= 0.3 is 6.03 Å². The van der Waals surface area contributed by atoms with Crippen LogP contribution in [0.2, 0.25) is 0 Å². The van der Waals surface area contributed by atoms with Gasteiger partial charge in [0.25, 0.3) is 0 Å². The molecule has 0 saturated heterocycles. The zero-order valence-corrected chi connectivity index (χ0v) is 9.23. The van der Waals surface area contributed by atoms with E-state index in [2.05, 4.69) is 10.9 Å². The predicted molar refractivity (Wildman–Crippen MR) is 55.1 cm³/mol. The maximum absolute atomic E-state index is 11.5. The zero-order valence-electron chi connectivity index (χ0n) is 7.71. The summed E-state index contributed by atoms with van der Waals surface area (Å²) in [5.74, 6) is 0. The van der Waals surface area contributed by atoms with Crippen molar-refractivity contribution in [3.63, 3.8) is 0 Å². The standard InChI is InChI=1S/C7H10Cl2N4O/c1-12(2)11-7(14)13-6(9)4-3-5(8)10-13/h3-4,10H,1-2H3,(H,11,14). The van der Waals surface area contributed by atoms with Crippen LogP contribution in [0.1, 0.15) is 0 Å². The molecule has 1 aliphatic rings. The van der Waals surface area contributed by atoms with E-state index in [1.54, 1.807) is 20.2 Å². The second kappa shape index (κ2) is 4.54. The van der Waals surface area contributed by atoms with Crippen LogP contribution in [0.5, 0.6) is 0 Å². The molecular formula is C7H10Cl2N4O. The van der Waals surface area contributed by atoms with Gasteiger partial charge < -0.3 is 0 Å². The minimum absolute atomic E-state index is 0.244. The molecule has 7 heteroatoms. The molecule has 14 heavy (non-hydrogen) atoms. The molecule has 0 unspecified atom stereocenters. The first-order chi connectivity index (χ1) is 6.50. The fourth-order valence-corrected chi connectivity index (χ4v) is 1.13. The Morgan fingerprint density at radius 2 is 2.14 bits per heavy atom. The molecule has 1 heterocycles. The van der Waals surface area contributed by atoms with Crippen molar-refractivity contribution in [2.24, 2.45) is 0 Å². The molecule has 0 radical (unpaired) electrons. The highest BCUT2D eigenvalue weighted by Gasteiger charge is 2.19. The van der Waals surface area contributed by atoms with Crippen LogP contribution in [-0.2, 0) is 0 Å². The molecule has 0 atom stereocenters. The second-order valence-electron chi connectivity index (χ2n) is 2.76. The summed E-state index contributed by atoms with van der Waals surface area (Å²) < 4.78 is 0. The number of carbonyl (C=O) groups is 1. The van der Waals surface area contributed by atoms with Crippen molar-refractivity contribution in [2.75, 3.05) is 14.1 Å². The van der Waals surface area contributed by atoms with Crippen LogP contribution in [0, 0.1) is 0 Å². The number of hydrogen-bond acceptors (Lipinski definition) is 3. The van der Waals surface area contributed by atoms with Crippen LogP contribution in [0.3, 0.4) is 0 Å². The average Bonchev–Trinajstić information content (AvgIpc) is 2.08. The van der Waals surface area contributed by atoms with Gasteiger partial charge in [-0.2, -0.15) is 5.01 Å². The number of amides is 2. The first-order valence-corrected chi connectivity index (χ1v) is 4.54. The van der Waals surface area contributed by atoms with Gasteiger partial charge in [-0.15, -0.1) is 0 Å². The van der Waals surface area contributed by atoms with E-state index in [0.29, 0.717) is 5.16 Å². The Hall–Kier alpha value is -0.910. The number of halogens is 2. The number of allylic oxidation sites excluding steroid dienone is 2. The summed E-state index contributed by atoms with van der Waals surface area (Å²) in [5, 5.41) is 3.17. The van der Waals surface area contributed by atoms with Crippen molar-refractivity contribution in [3.05, 3.63) is 22.5 Å². The summed E-state index contributed by atoms with van der Waals surface area (Å²) in [5.41, 5.74) is 5.10. The Kier molecular flexibility index (Phi) is 3.62. The third-order valence-electron chi connectivity index (χ3n) is 1.32. The molecule has 0 aliphatic carbocycles. The van der Waals surface area contributed by atoms with Crippen LogP contribution >= 0.6 is 23.2 Å². The zero-order chi connectivity index (χ0) is 10.7. The maximum Gasteiger partial charge on any atom is 0.356 e. The molecule has 1 aliphatic heterocycles. The van der Waals surface area contributed by atoms with Crippen LogP contribution in [-0.4, -0.2) is 30.1 Å². The predicted octanol–water partition coefficient (Wildman–Crippen LogP) is 1.15. The lowest BCUT2D eigenvalue weighted by Gasteiger charge is -2.26. The monoisotopic (exact) mass is 236 g/mol. The lowest BCUT2D eigenvalue weighted by atomic mass is 10.5. The van der Waals surface area contributed by atoms with Crippen LogP contribution in [0.4, 0.5) is 4.79 Å². The first kappa shape index (κ1) is 11.2. The van der Waals surface area contributed by atoms with Gasteiger partial charge in [0.15, 0.2) is 0 Å². The van der Waals surface area contributed by atoms with E-state index in [0.717, 1.165) is 5.01 Å². The normalized spacial score (nSPS) is 15.9. The third-order valence-corrected chi connectivity index (χ3v) is 1.83. The van der Waals surface area contributed by atoms with Crippen molar-refractivity contribution < 1.29 is 4.79 Å². The van der Waals surface area contributed by atoms with Gasteiger partial charge in [-0.3, -0.25) is 10.9 Å². The summed E-state index contributed by atoms with van der Waals surface area (Å²) in [7, 11) is 3.38. The van der Waals surface area contributed by atoms with Gasteiger partial charge in [0.2, 0.25) is 0 Å². The Morgan fingerprint density at radius 1 is 1.50 bits per heavy atom. The fraction of sp³-hybridized carbons (Fsp3) is 0.286. The van der Waals surface area contributed by atoms with Crippen LogP contribution < -0.4 is 10.9 Å². The fourth-order valence-electron chi connectivity index (χ4n) is 0.803. The number of hydrogen-bond donors (Lipinski definition) is 2. The molecule has 0 saturated carbocycles.